The zero-order chi connectivity index (χ0) is 18.9. The second kappa shape index (κ2) is 6.72. The Morgan fingerprint density at radius 3 is 2.42 bits per heavy atom. The van der Waals surface area contributed by atoms with E-state index in [1.165, 1.54) is 24.3 Å². The lowest BCUT2D eigenvalue weighted by Crippen LogP contribution is -2.17. The quantitative estimate of drug-likeness (QED) is 0.704. The van der Waals surface area contributed by atoms with Gasteiger partial charge in [-0.05, 0) is 43.3 Å². The first kappa shape index (κ1) is 17.8. The number of carbonyl (C=O) groups is 1. The Balaban J connectivity index is 1.82. The first-order valence-corrected chi connectivity index (χ1v) is 9.65. The molecule has 0 saturated heterocycles. The highest BCUT2D eigenvalue weighted by atomic mass is 32.2. The van der Waals surface area contributed by atoms with Gasteiger partial charge in [0, 0.05) is 6.26 Å². The van der Waals surface area contributed by atoms with Gasteiger partial charge in [-0.1, -0.05) is 12.1 Å². The van der Waals surface area contributed by atoms with E-state index in [0.29, 0.717) is 10.9 Å². The maximum atomic E-state index is 12.2. The van der Waals surface area contributed by atoms with Gasteiger partial charge in [-0.25, -0.2) is 18.2 Å². The van der Waals surface area contributed by atoms with Gasteiger partial charge in [0.15, 0.2) is 21.8 Å². The third-order valence-corrected chi connectivity index (χ3v) is 4.95. The number of ether oxygens (including phenoxy) is 1. The minimum absolute atomic E-state index is 0.114. The number of H-pyrrole nitrogens is 1. The summed E-state index contributed by atoms with van der Waals surface area (Å²) in [5.41, 5.74) is 0.394. The van der Waals surface area contributed by atoms with Crippen molar-refractivity contribution in [2.75, 3.05) is 6.26 Å². The number of para-hydroxylation sites is 1. The van der Waals surface area contributed by atoms with Gasteiger partial charge in [0.25, 0.3) is 5.56 Å². The summed E-state index contributed by atoms with van der Waals surface area (Å²) in [6.45, 7) is 1.59. The molecule has 0 unspecified atom stereocenters. The minimum atomic E-state index is -3.34. The molecular formula is C18H16N2O5S. The lowest BCUT2D eigenvalue weighted by molar-refractivity contribution is 0.0320. The van der Waals surface area contributed by atoms with Crippen LogP contribution in [0.5, 0.6) is 0 Å². The lowest BCUT2D eigenvalue weighted by Gasteiger charge is -2.13. The molecule has 1 N–H and O–H groups in total. The smallest absolute Gasteiger partial charge is 0.338 e. The van der Waals surface area contributed by atoms with Crippen molar-refractivity contribution in [2.45, 2.75) is 17.9 Å². The van der Waals surface area contributed by atoms with Gasteiger partial charge < -0.3 is 9.72 Å². The summed E-state index contributed by atoms with van der Waals surface area (Å²) in [7, 11) is -3.34. The molecule has 3 aromatic rings. The number of nitrogens with one attached hydrogen (secondary N) is 1. The summed E-state index contributed by atoms with van der Waals surface area (Å²) in [4.78, 5) is 31.4. The van der Waals surface area contributed by atoms with E-state index in [-0.39, 0.29) is 21.8 Å². The maximum Gasteiger partial charge on any atom is 0.338 e. The van der Waals surface area contributed by atoms with Crippen LogP contribution >= 0.6 is 0 Å². The third kappa shape index (κ3) is 3.65. The number of rotatable bonds is 4. The van der Waals surface area contributed by atoms with Crippen LogP contribution in [-0.2, 0) is 14.6 Å². The van der Waals surface area contributed by atoms with Gasteiger partial charge >= 0.3 is 5.97 Å². The fourth-order valence-corrected chi connectivity index (χ4v) is 3.05. The molecule has 134 valence electrons. The zero-order valence-corrected chi connectivity index (χ0v) is 14.9. The molecule has 0 saturated carbocycles. The molecule has 0 bridgehead atoms. The Bertz CT molecular complexity index is 1130. The van der Waals surface area contributed by atoms with Gasteiger partial charge in [-0.3, -0.25) is 4.79 Å². The van der Waals surface area contributed by atoms with Crippen molar-refractivity contribution in [3.8, 4) is 0 Å². The fraction of sp³-hybridized carbons (Fsp3) is 0.167. The molecule has 1 atom stereocenters. The van der Waals surface area contributed by atoms with E-state index in [1.807, 2.05) is 0 Å². The molecule has 0 aliphatic heterocycles. The Morgan fingerprint density at radius 1 is 1.12 bits per heavy atom. The summed E-state index contributed by atoms with van der Waals surface area (Å²) in [5, 5.41) is 0.450. The molecule has 8 heteroatoms. The van der Waals surface area contributed by atoms with E-state index >= 15 is 0 Å². The van der Waals surface area contributed by atoms with Crippen molar-refractivity contribution < 1.29 is 17.9 Å². The molecule has 26 heavy (non-hydrogen) atoms. The maximum absolute atomic E-state index is 12.2. The summed E-state index contributed by atoms with van der Waals surface area (Å²) in [6, 6.07) is 12.3. The number of sulfone groups is 1. The molecule has 0 aliphatic carbocycles. The SMILES string of the molecule is C[C@@H](OC(=O)c1ccc(S(C)(=O)=O)cc1)c1nc2ccccc2c(=O)[nH]1. The summed E-state index contributed by atoms with van der Waals surface area (Å²) < 4.78 is 28.2. The van der Waals surface area contributed by atoms with Crippen LogP contribution in [0.4, 0.5) is 0 Å². The largest absolute Gasteiger partial charge is 0.451 e. The van der Waals surface area contributed by atoms with Crippen molar-refractivity contribution in [1.29, 1.82) is 0 Å². The first-order chi connectivity index (χ1) is 12.3. The Hall–Kier alpha value is -3.00. The second-order valence-corrected chi connectivity index (χ2v) is 7.83. The standard InChI is InChI=1S/C18H16N2O5S/c1-11(16-19-15-6-4-3-5-14(15)17(21)20-16)25-18(22)12-7-9-13(10-8-12)26(2,23)24/h3-11H,1-2H3,(H,19,20,21)/t11-/m1/s1. The number of hydrogen-bond donors (Lipinski definition) is 1. The predicted octanol–water partition coefficient (Wildman–Crippen LogP) is 2.24. The molecular weight excluding hydrogens is 356 g/mol. The predicted molar refractivity (Wildman–Crippen MR) is 95.7 cm³/mol. The second-order valence-electron chi connectivity index (χ2n) is 5.81. The highest BCUT2D eigenvalue weighted by molar-refractivity contribution is 7.90. The number of benzene rings is 2. The topological polar surface area (TPSA) is 106 Å². The summed E-state index contributed by atoms with van der Waals surface area (Å²) in [5.74, 6) is -0.414. The molecule has 1 heterocycles. The van der Waals surface area contributed by atoms with Crippen LogP contribution in [0.1, 0.15) is 29.2 Å². The van der Waals surface area contributed by atoms with Crippen molar-refractivity contribution in [2.24, 2.45) is 0 Å². The van der Waals surface area contributed by atoms with E-state index in [9.17, 15) is 18.0 Å². The minimum Gasteiger partial charge on any atom is -0.451 e. The van der Waals surface area contributed by atoms with Gasteiger partial charge in [0.1, 0.15) is 0 Å². The average Bonchev–Trinajstić information content (AvgIpc) is 2.61. The number of fused-ring (bicyclic) bond motifs is 1. The van der Waals surface area contributed by atoms with Crippen LogP contribution < -0.4 is 5.56 Å². The molecule has 1 aromatic heterocycles. The number of esters is 1. The Morgan fingerprint density at radius 2 is 1.77 bits per heavy atom. The molecule has 0 aliphatic rings. The van der Waals surface area contributed by atoms with Gasteiger partial charge in [-0.2, -0.15) is 0 Å². The van der Waals surface area contributed by atoms with E-state index in [1.54, 1.807) is 31.2 Å². The number of carbonyl (C=O) groups excluding carboxylic acids is 1. The van der Waals surface area contributed by atoms with Gasteiger partial charge in [-0.15, -0.1) is 0 Å². The highest BCUT2D eigenvalue weighted by Crippen LogP contribution is 2.17. The molecule has 0 radical (unpaired) electrons. The highest BCUT2D eigenvalue weighted by Gasteiger charge is 2.17. The third-order valence-electron chi connectivity index (χ3n) is 3.82. The molecule has 0 amide bonds. The van der Waals surface area contributed by atoms with Crippen molar-refractivity contribution in [3.05, 3.63) is 70.3 Å². The molecule has 3 rings (SSSR count). The fourth-order valence-electron chi connectivity index (χ4n) is 2.42. The number of nitrogens with zero attached hydrogens (tertiary/aromatic N) is 1. The molecule has 2 aromatic carbocycles. The van der Waals surface area contributed by atoms with Crippen LogP contribution in [0.2, 0.25) is 0 Å². The lowest BCUT2D eigenvalue weighted by atomic mass is 10.2. The van der Waals surface area contributed by atoms with Crippen molar-refractivity contribution >= 4 is 26.7 Å². The number of aromatic nitrogens is 2. The van der Waals surface area contributed by atoms with E-state index < -0.39 is 21.9 Å². The first-order valence-electron chi connectivity index (χ1n) is 7.76. The molecule has 0 fully saturated rings. The monoisotopic (exact) mass is 372 g/mol. The van der Waals surface area contributed by atoms with E-state index in [4.69, 9.17) is 4.74 Å². The van der Waals surface area contributed by atoms with Crippen molar-refractivity contribution in [1.82, 2.24) is 9.97 Å². The zero-order valence-electron chi connectivity index (χ0n) is 14.1. The Kier molecular flexibility index (Phi) is 4.60. The Labute approximate surface area is 149 Å². The van der Waals surface area contributed by atoms with Gasteiger partial charge in [0.2, 0.25) is 0 Å². The van der Waals surface area contributed by atoms with Crippen molar-refractivity contribution in [3.63, 3.8) is 0 Å². The van der Waals surface area contributed by atoms with Crippen LogP contribution in [0.3, 0.4) is 0 Å². The van der Waals surface area contributed by atoms with Crippen LogP contribution in [-0.4, -0.2) is 30.6 Å². The van der Waals surface area contributed by atoms with Gasteiger partial charge in [0.05, 0.1) is 21.4 Å². The van der Waals surface area contributed by atoms with Crippen LogP contribution in [0.15, 0.2) is 58.2 Å². The van der Waals surface area contributed by atoms with E-state index in [0.717, 1.165) is 6.26 Å². The van der Waals surface area contributed by atoms with Crippen LogP contribution in [0.25, 0.3) is 10.9 Å². The summed E-state index contributed by atoms with van der Waals surface area (Å²) >= 11 is 0. The summed E-state index contributed by atoms with van der Waals surface area (Å²) in [6.07, 6.45) is 0.304. The molecule has 7 nitrogen and oxygen atoms in total. The normalized spacial score (nSPS) is 12.7. The number of hydrogen-bond acceptors (Lipinski definition) is 6. The number of aromatic amines is 1. The van der Waals surface area contributed by atoms with E-state index in [2.05, 4.69) is 9.97 Å². The molecule has 0 spiro atoms. The van der Waals surface area contributed by atoms with Crippen LogP contribution in [0, 0.1) is 0 Å². The average molecular weight is 372 g/mol.